The van der Waals surface area contributed by atoms with Gasteiger partial charge in [0.15, 0.2) is 11.5 Å². The van der Waals surface area contributed by atoms with Gasteiger partial charge in [-0.25, -0.2) is 0 Å². The number of aromatic nitrogens is 1. The number of phenolic OH excluding ortho intramolecular Hbond substituents is 2. The number of fused-ring (bicyclic) bond motifs is 1. The summed E-state index contributed by atoms with van der Waals surface area (Å²) in [5.74, 6) is -0.274. The molecule has 3 N–H and O–H groups in total. The second-order valence-electron chi connectivity index (χ2n) is 4.57. The normalized spacial score (nSPS) is 17.4. The van der Waals surface area contributed by atoms with Crippen LogP contribution in [0.3, 0.4) is 0 Å². The molecule has 0 saturated heterocycles. The minimum absolute atomic E-state index is 0.118. The Hall–Kier alpha value is -2.27. The second kappa shape index (κ2) is 4.13. The van der Waals surface area contributed by atoms with Gasteiger partial charge in [0.1, 0.15) is 11.9 Å². The molecule has 0 bridgehead atoms. The second-order valence-corrected chi connectivity index (χ2v) is 4.57. The van der Waals surface area contributed by atoms with Crippen LogP contribution < -0.4 is 0 Å². The molecular weight excluding hydrogens is 246 g/mol. The van der Waals surface area contributed by atoms with Gasteiger partial charge in [-0.1, -0.05) is 6.07 Å². The number of pyridine rings is 1. The number of hydrogen-bond acceptors (Lipinski definition) is 5. The summed E-state index contributed by atoms with van der Waals surface area (Å²) in [6.07, 6.45) is 1.23. The number of aromatic hydroxyl groups is 3. The van der Waals surface area contributed by atoms with Crippen molar-refractivity contribution >= 4 is 0 Å². The van der Waals surface area contributed by atoms with E-state index in [4.69, 9.17) is 4.74 Å². The summed E-state index contributed by atoms with van der Waals surface area (Å²) in [6, 6.07) is 4.49. The van der Waals surface area contributed by atoms with E-state index in [1.165, 1.54) is 12.1 Å². The minimum Gasteiger partial charge on any atom is -0.506 e. The monoisotopic (exact) mass is 259 g/mol. The predicted octanol–water partition coefficient (Wildman–Crippen LogP) is 2.13. The van der Waals surface area contributed by atoms with Gasteiger partial charge < -0.3 is 20.1 Å². The molecular formula is C14H13NO4. The molecule has 0 fully saturated rings. The maximum Gasteiger partial charge on any atom is 0.157 e. The van der Waals surface area contributed by atoms with Gasteiger partial charge in [-0.15, -0.1) is 0 Å². The van der Waals surface area contributed by atoms with Gasteiger partial charge in [0, 0.05) is 17.3 Å². The molecule has 0 aliphatic carbocycles. The van der Waals surface area contributed by atoms with Crippen molar-refractivity contribution in [2.45, 2.75) is 19.6 Å². The summed E-state index contributed by atoms with van der Waals surface area (Å²) in [6.45, 7) is 2.09. The first-order chi connectivity index (χ1) is 9.08. The third kappa shape index (κ3) is 1.79. The van der Waals surface area contributed by atoms with Crippen LogP contribution in [0, 0.1) is 6.92 Å². The molecule has 19 heavy (non-hydrogen) atoms. The van der Waals surface area contributed by atoms with Crippen molar-refractivity contribution in [3.63, 3.8) is 0 Å². The predicted molar refractivity (Wildman–Crippen MR) is 67.0 cm³/mol. The smallest absolute Gasteiger partial charge is 0.157 e. The quantitative estimate of drug-likeness (QED) is 0.683. The molecule has 0 radical (unpaired) electrons. The van der Waals surface area contributed by atoms with Gasteiger partial charge in [-0.05, 0) is 24.6 Å². The van der Waals surface area contributed by atoms with Crippen molar-refractivity contribution in [2.24, 2.45) is 0 Å². The molecule has 3 rings (SSSR count). The zero-order chi connectivity index (χ0) is 13.6. The number of ether oxygens (including phenoxy) is 1. The lowest BCUT2D eigenvalue weighted by Gasteiger charge is -2.14. The minimum atomic E-state index is -0.455. The molecule has 0 amide bonds. The van der Waals surface area contributed by atoms with E-state index in [1.54, 1.807) is 19.2 Å². The molecule has 5 heteroatoms. The lowest BCUT2D eigenvalue weighted by Crippen LogP contribution is -2.00. The summed E-state index contributed by atoms with van der Waals surface area (Å²) in [5.41, 5.74) is 2.73. The van der Waals surface area contributed by atoms with Crippen molar-refractivity contribution in [3.05, 3.63) is 46.8 Å². The van der Waals surface area contributed by atoms with Crippen LogP contribution in [0.15, 0.2) is 24.4 Å². The van der Waals surface area contributed by atoms with Gasteiger partial charge in [0.2, 0.25) is 0 Å². The molecule has 2 aromatic rings. The molecule has 1 aliphatic heterocycles. The molecule has 1 atom stereocenters. The zero-order valence-electron chi connectivity index (χ0n) is 10.3. The third-order valence-electron chi connectivity index (χ3n) is 3.33. The summed E-state index contributed by atoms with van der Waals surface area (Å²) in [5, 5.41) is 29.0. The number of nitrogens with zero attached hydrogens (tertiary/aromatic N) is 1. The molecule has 1 aromatic heterocycles. The summed E-state index contributed by atoms with van der Waals surface area (Å²) in [4.78, 5) is 4.09. The summed E-state index contributed by atoms with van der Waals surface area (Å²) in [7, 11) is 0. The van der Waals surface area contributed by atoms with E-state index in [0.717, 1.165) is 5.56 Å². The Morgan fingerprint density at radius 1 is 1.21 bits per heavy atom. The summed E-state index contributed by atoms with van der Waals surface area (Å²) < 4.78 is 5.65. The maximum absolute atomic E-state index is 10.1. The first kappa shape index (κ1) is 11.8. The van der Waals surface area contributed by atoms with Crippen molar-refractivity contribution in [1.82, 2.24) is 4.98 Å². The van der Waals surface area contributed by atoms with Crippen LogP contribution in [-0.2, 0) is 11.3 Å². The van der Waals surface area contributed by atoms with Crippen LogP contribution in [0.1, 0.15) is 28.5 Å². The third-order valence-corrected chi connectivity index (χ3v) is 3.33. The molecule has 1 aliphatic rings. The highest BCUT2D eigenvalue weighted by molar-refractivity contribution is 5.50. The van der Waals surface area contributed by atoms with Crippen LogP contribution in [0.2, 0.25) is 0 Å². The van der Waals surface area contributed by atoms with Crippen molar-refractivity contribution < 1.29 is 20.1 Å². The number of aryl methyl sites for hydroxylation is 1. The SMILES string of the molecule is Cc1ncc2c(c1O)C(c1ccc(O)c(O)c1)OC2. The highest BCUT2D eigenvalue weighted by Crippen LogP contribution is 2.43. The van der Waals surface area contributed by atoms with Gasteiger partial charge in [0.05, 0.1) is 12.3 Å². The molecule has 5 nitrogen and oxygen atoms in total. The number of rotatable bonds is 1. The first-order valence-corrected chi connectivity index (χ1v) is 5.88. The van der Waals surface area contributed by atoms with Crippen LogP contribution in [0.5, 0.6) is 17.2 Å². The molecule has 0 spiro atoms. The Bertz CT molecular complexity index is 654. The van der Waals surface area contributed by atoms with E-state index in [2.05, 4.69) is 4.98 Å². The molecule has 2 heterocycles. The number of benzene rings is 1. The van der Waals surface area contributed by atoms with E-state index in [1.807, 2.05) is 0 Å². The Labute approximate surface area is 109 Å². The standard InChI is InChI=1S/C14H13NO4/c1-7-13(18)12-9(5-15-7)6-19-14(12)8-2-3-10(16)11(17)4-8/h2-5,14,16-18H,6H2,1H3. The Balaban J connectivity index is 2.11. The van der Waals surface area contributed by atoms with Crippen LogP contribution in [0.4, 0.5) is 0 Å². The first-order valence-electron chi connectivity index (χ1n) is 5.88. The van der Waals surface area contributed by atoms with Crippen molar-refractivity contribution in [1.29, 1.82) is 0 Å². The highest BCUT2D eigenvalue weighted by Gasteiger charge is 2.29. The number of hydrogen-bond donors (Lipinski definition) is 3. The molecule has 0 saturated carbocycles. The highest BCUT2D eigenvalue weighted by atomic mass is 16.5. The lowest BCUT2D eigenvalue weighted by molar-refractivity contribution is 0.0926. The van der Waals surface area contributed by atoms with Crippen LogP contribution in [0.25, 0.3) is 0 Å². The van der Waals surface area contributed by atoms with Gasteiger partial charge in [-0.2, -0.15) is 0 Å². The fraction of sp³-hybridized carbons (Fsp3) is 0.214. The van der Waals surface area contributed by atoms with E-state index < -0.39 is 6.10 Å². The van der Waals surface area contributed by atoms with Crippen molar-refractivity contribution in [3.8, 4) is 17.2 Å². The van der Waals surface area contributed by atoms with E-state index >= 15 is 0 Å². The average Bonchev–Trinajstić information content (AvgIpc) is 2.82. The number of phenols is 2. The Morgan fingerprint density at radius 3 is 2.74 bits per heavy atom. The average molecular weight is 259 g/mol. The van der Waals surface area contributed by atoms with Crippen LogP contribution >= 0.6 is 0 Å². The molecule has 98 valence electrons. The van der Waals surface area contributed by atoms with E-state index in [-0.39, 0.29) is 17.2 Å². The Kier molecular flexibility index (Phi) is 2.57. The van der Waals surface area contributed by atoms with Crippen LogP contribution in [-0.4, -0.2) is 20.3 Å². The largest absolute Gasteiger partial charge is 0.506 e. The van der Waals surface area contributed by atoms with Gasteiger partial charge in [0.25, 0.3) is 0 Å². The fourth-order valence-corrected chi connectivity index (χ4v) is 2.28. The van der Waals surface area contributed by atoms with E-state index in [0.29, 0.717) is 23.4 Å². The van der Waals surface area contributed by atoms with Gasteiger partial charge >= 0.3 is 0 Å². The molecule has 1 aromatic carbocycles. The van der Waals surface area contributed by atoms with Gasteiger partial charge in [-0.3, -0.25) is 4.98 Å². The molecule has 1 unspecified atom stereocenters. The van der Waals surface area contributed by atoms with Crippen molar-refractivity contribution in [2.75, 3.05) is 0 Å². The van der Waals surface area contributed by atoms with E-state index in [9.17, 15) is 15.3 Å². The maximum atomic E-state index is 10.1. The Morgan fingerprint density at radius 2 is 2.00 bits per heavy atom. The summed E-state index contributed by atoms with van der Waals surface area (Å²) >= 11 is 0. The zero-order valence-corrected chi connectivity index (χ0v) is 10.3. The topological polar surface area (TPSA) is 82.8 Å². The fourth-order valence-electron chi connectivity index (χ4n) is 2.28. The lowest BCUT2D eigenvalue weighted by atomic mass is 9.98.